The van der Waals surface area contributed by atoms with Gasteiger partial charge in [-0.15, -0.1) is 0 Å². The molecule has 0 amide bonds. The number of benzene rings is 1. The number of fused-ring (bicyclic) bond motifs is 1. The molecule has 24 heavy (non-hydrogen) atoms. The van der Waals surface area contributed by atoms with Gasteiger partial charge >= 0.3 is 5.97 Å². The highest BCUT2D eigenvalue weighted by molar-refractivity contribution is 6.05. The number of rotatable bonds is 8. The molecule has 0 aliphatic heterocycles. The highest BCUT2D eigenvalue weighted by Crippen LogP contribution is 2.29. The van der Waals surface area contributed by atoms with Crippen LogP contribution in [0.15, 0.2) is 24.4 Å². The lowest BCUT2D eigenvalue weighted by atomic mass is 10.1. The Hall–Kier alpha value is -2.34. The summed E-state index contributed by atoms with van der Waals surface area (Å²) in [6.07, 6.45) is 2.53. The Kier molecular flexibility index (Phi) is 6.37. The van der Waals surface area contributed by atoms with Gasteiger partial charge in [-0.1, -0.05) is 0 Å². The fraction of sp³-hybridized carbons (Fsp3) is 0.444. The molecule has 0 unspecified atom stereocenters. The van der Waals surface area contributed by atoms with Crippen LogP contribution in [-0.4, -0.2) is 56.8 Å². The monoisotopic (exact) mass is 331 g/mol. The molecule has 0 atom stereocenters. The summed E-state index contributed by atoms with van der Waals surface area (Å²) in [5.74, 6) is 0.353. The standard InChI is InChI=1S/C18H25N3O3/c1-5-24-18(22)15-12-20-16-8-7-13(23-4)11-14(16)17(15)19-9-6-10-21(2)3/h7-8,11-12H,5-6,9-10H2,1-4H3,(H,19,20). The van der Waals surface area contributed by atoms with Crippen LogP contribution in [0, 0.1) is 0 Å². The van der Waals surface area contributed by atoms with Gasteiger partial charge in [0.05, 0.1) is 24.9 Å². The van der Waals surface area contributed by atoms with E-state index in [1.165, 1.54) is 0 Å². The minimum atomic E-state index is -0.371. The van der Waals surface area contributed by atoms with Gasteiger partial charge < -0.3 is 19.7 Å². The molecule has 0 spiro atoms. The SMILES string of the molecule is CCOC(=O)c1cnc2ccc(OC)cc2c1NCCCN(C)C. The Morgan fingerprint density at radius 2 is 2.12 bits per heavy atom. The predicted molar refractivity (Wildman–Crippen MR) is 95.9 cm³/mol. The molecule has 1 aromatic carbocycles. The molecule has 0 saturated heterocycles. The summed E-state index contributed by atoms with van der Waals surface area (Å²) in [6, 6.07) is 5.63. The van der Waals surface area contributed by atoms with Crippen LogP contribution in [0.25, 0.3) is 10.9 Å². The molecule has 0 bridgehead atoms. The molecule has 130 valence electrons. The van der Waals surface area contributed by atoms with Crippen molar-refractivity contribution >= 4 is 22.6 Å². The van der Waals surface area contributed by atoms with Crippen molar-refractivity contribution in [3.05, 3.63) is 30.0 Å². The lowest BCUT2D eigenvalue weighted by Crippen LogP contribution is -2.17. The number of aromatic nitrogens is 1. The van der Waals surface area contributed by atoms with E-state index in [0.29, 0.717) is 12.2 Å². The Bertz CT molecular complexity index is 701. The van der Waals surface area contributed by atoms with Gasteiger partial charge in [0.15, 0.2) is 0 Å². The van der Waals surface area contributed by atoms with E-state index in [1.54, 1.807) is 20.2 Å². The van der Waals surface area contributed by atoms with E-state index in [1.807, 2.05) is 32.3 Å². The number of ether oxygens (including phenoxy) is 2. The van der Waals surface area contributed by atoms with Gasteiger partial charge in [0.25, 0.3) is 0 Å². The summed E-state index contributed by atoms with van der Waals surface area (Å²) in [7, 11) is 5.70. The average molecular weight is 331 g/mol. The van der Waals surface area contributed by atoms with Gasteiger partial charge in [-0.3, -0.25) is 4.98 Å². The third kappa shape index (κ3) is 4.35. The van der Waals surface area contributed by atoms with Crippen molar-refractivity contribution in [2.24, 2.45) is 0 Å². The van der Waals surface area contributed by atoms with Gasteiger partial charge in [0, 0.05) is 18.1 Å². The van der Waals surface area contributed by atoms with Crippen molar-refractivity contribution < 1.29 is 14.3 Å². The minimum absolute atomic E-state index is 0.328. The van der Waals surface area contributed by atoms with Crippen LogP contribution in [0.4, 0.5) is 5.69 Å². The molecule has 0 fully saturated rings. The highest BCUT2D eigenvalue weighted by atomic mass is 16.5. The maximum Gasteiger partial charge on any atom is 0.341 e. The van der Waals surface area contributed by atoms with Gasteiger partial charge in [-0.2, -0.15) is 0 Å². The number of nitrogens with zero attached hydrogens (tertiary/aromatic N) is 2. The summed E-state index contributed by atoms with van der Waals surface area (Å²) in [6.45, 7) is 3.84. The van der Waals surface area contributed by atoms with E-state index in [0.717, 1.165) is 41.9 Å². The molecule has 1 heterocycles. The van der Waals surface area contributed by atoms with Crippen LogP contribution < -0.4 is 10.1 Å². The Labute approximate surface area is 142 Å². The lowest BCUT2D eigenvalue weighted by molar-refractivity contribution is 0.0527. The van der Waals surface area contributed by atoms with Crippen LogP contribution in [0.1, 0.15) is 23.7 Å². The number of hydrogen-bond acceptors (Lipinski definition) is 6. The third-order valence-electron chi connectivity index (χ3n) is 3.65. The fourth-order valence-corrected chi connectivity index (χ4v) is 2.46. The number of nitrogens with one attached hydrogen (secondary N) is 1. The average Bonchev–Trinajstić information content (AvgIpc) is 2.57. The van der Waals surface area contributed by atoms with Gasteiger partial charge in [-0.05, 0) is 52.2 Å². The number of hydrogen-bond donors (Lipinski definition) is 1. The van der Waals surface area contributed by atoms with Gasteiger partial charge in [0.1, 0.15) is 11.3 Å². The summed E-state index contributed by atoms with van der Waals surface area (Å²) < 4.78 is 10.5. The second-order valence-electron chi connectivity index (χ2n) is 5.73. The zero-order valence-corrected chi connectivity index (χ0v) is 14.8. The summed E-state index contributed by atoms with van der Waals surface area (Å²) in [4.78, 5) is 18.8. The molecule has 0 aliphatic carbocycles. The molecule has 0 saturated carbocycles. The first-order chi connectivity index (χ1) is 11.6. The number of methoxy groups -OCH3 is 1. The van der Waals surface area contributed by atoms with Crippen molar-refractivity contribution in [2.45, 2.75) is 13.3 Å². The van der Waals surface area contributed by atoms with E-state index in [2.05, 4.69) is 15.2 Å². The van der Waals surface area contributed by atoms with E-state index < -0.39 is 0 Å². The first-order valence-corrected chi connectivity index (χ1v) is 8.09. The summed E-state index contributed by atoms with van der Waals surface area (Å²) >= 11 is 0. The van der Waals surface area contributed by atoms with Crippen LogP contribution in [0.3, 0.4) is 0 Å². The van der Waals surface area contributed by atoms with Crippen molar-refractivity contribution in [3.63, 3.8) is 0 Å². The van der Waals surface area contributed by atoms with Crippen molar-refractivity contribution in [1.29, 1.82) is 0 Å². The maximum absolute atomic E-state index is 12.3. The molecular formula is C18H25N3O3. The first-order valence-electron chi connectivity index (χ1n) is 8.09. The van der Waals surface area contributed by atoms with Crippen LogP contribution in [-0.2, 0) is 4.74 Å². The van der Waals surface area contributed by atoms with Crippen LogP contribution in [0.2, 0.25) is 0 Å². The molecule has 0 aliphatic rings. The maximum atomic E-state index is 12.3. The molecule has 2 aromatic rings. The van der Waals surface area contributed by atoms with E-state index in [9.17, 15) is 4.79 Å². The van der Waals surface area contributed by atoms with Gasteiger partial charge in [0.2, 0.25) is 0 Å². The minimum Gasteiger partial charge on any atom is -0.497 e. The predicted octanol–water partition coefficient (Wildman–Crippen LogP) is 2.78. The Morgan fingerprint density at radius 3 is 2.79 bits per heavy atom. The zero-order chi connectivity index (χ0) is 17.5. The molecule has 1 aromatic heterocycles. The third-order valence-corrected chi connectivity index (χ3v) is 3.65. The van der Waals surface area contributed by atoms with Gasteiger partial charge in [-0.25, -0.2) is 4.79 Å². The number of carbonyl (C=O) groups excluding carboxylic acids is 1. The van der Waals surface area contributed by atoms with Crippen LogP contribution >= 0.6 is 0 Å². The fourth-order valence-electron chi connectivity index (χ4n) is 2.46. The van der Waals surface area contributed by atoms with Crippen molar-refractivity contribution in [1.82, 2.24) is 9.88 Å². The normalized spacial score (nSPS) is 10.9. The molecule has 6 heteroatoms. The lowest BCUT2D eigenvalue weighted by Gasteiger charge is -2.15. The number of pyridine rings is 1. The number of esters is 1. The summed E-state index contributed by atoms with van der Waals surface area (Å²) in [5, 5.41) is 4.23. The molecule has 6 nitrogen and oxygen atoms in total. The Balaban J connectivity index is 2.39. The second-order valence-corrected chi connectivity index (χ2v) is 5.73. The van der Waals surface area contributed by atoms with Crippen molar-refractivity contribution in [3.8, 4) is 5.75 Å². The highest BCUT2D eigenvalue weighted by Gasteiger charge is 2.17. The van der Waals surface area contributed by atoms with E-state index in [4.69, 9.17) is 9.47 Å². The Morgan fingerprint density at radius 1 is 1.33 bits per heavy atom. The van der Waals surface area contributed by atoms with E-state index >= 15 is 0 Å². The molecule has 1 N–H and O–H groups in total. The first kappa shape index (κ1) is 18.0. The largest absolute Gasteiger partial charge is 0.497 e. The number of anilines is 1. The second kappa shape index (κ2) is 8.49. The number of carbonyl (C=O) groups is 1. The summed E-state index contributed by atoms with van der Waals surface area (Å²) in [5.41, 5.74) is 2.00. The zero-order valence-electron chi connectivity index (χ0n) is 14.8. The smallest absolute Gasteiger partial charge is 0.341 e. The quantitative estimate of drug-likeness (QED) is 0.593. The molecule has 2 rings (SSSR count). The molecule has 0 radical (unpaired) electrons. The topological polar surface area (TPSA) is 63.7 Å². The van der Waals surface area contributed by atoms with E-state index in [-0.39, 0.29) is 5.97 Å². The van der Waals surface area contributed by atoms with Crippen LogP contribution in [0.5, 0.6) is 5.75 Å². The van der Waals surface area contributed by atoms with Crippen molar-refractivity contribution in [2.75, 3.05) is 46.2 Å². The molecular weight excluding hydrogens is 306 g/mol.